The highest BCUT2D eigenvalue weighted by Gasteiger charge is 2.08. The van der Waals surface area contributed by atoms with Crippen LogP contribution in [0.25, 0.3) is 11.3 Å². The molecule has 0 amide bonds. The van der Waals surface area contributed by atoms with Crippen molar-refractivity contribution in [2.75, 3.05) is 7.11 Å². The summed E-state index contributed by atoms with van der Waals surface area (Å²) in [5.41, 5.74) is 0.590. The van der Waals surface area contributed by atoms with Crippen molar-refractivity contribution >= 4 is 0 Å². The van der Waals surface area contributed by atoms with Crippen molar-refractivity contribution in [2.24, 2.45) is 0 Å². The van der Waals surface area contributed by atoms with Crippen molar-refractivity contribution in [3.8, 4) is 17.0 Å². The lowest BCUT2D eigenvalue weighted by atomic mass is 10.1. The van der Waals surface area contributed by atoms with Crippen LogP contribution in [0.2, 0.25) is 0 Å². The zero-order valence-corrected chi connectivity index (χ0v) is 8.53. The summed E-state index contributed by atoms with van der Waals surface area (Å²) in [6, 6.07) is 7.18. The van der Waals surface area contributed by atoms with E-state index in [0.29, 0.717) is 17.0 Å². The molecule has 0 aliphatic rings. The molecule has 1 aromatic heterocycles. The zero-order chi connectivity index (χ0) is 11.5. The Kier molecular flexibility index (Phi) is 2.68. The first kappa shape index (κ1) is 10.4. The number of rotatable bonds is 2. The van der Waals surface area contributed by atoms with Gasteiger partial charge in [-0.1, -0.05) is 12.1 Å². The van der Waals surface area contributed by atoms with Gasteiger partial charge in [0.1, 0.15) is 11.5 Å². The molecule has 0 aliphatic carbocycles. The van der Waals surface area contributed by atoms with Gasteiger partial charge < -0.3 is 4.74 Å². The Labute approximate surface area is 90.7 Å². The Morgan fingerprint density at radius 1 is 1.38 bits per heavy atom. The van der Waals surface area contributed by atoms with Crippen LogP contribution in [0.4, 0.5) is 4.39 Å². The maximum atomic E-state index is 13.0. The van der Waals surface area contributed by atoms with Gasteiger partial charge in [0.25, 0.3) is 5.56 Å². The highest BCUT2D eigenvalue weighted by molar-refractivity contribution is 5.65. The summed E-state index contributed by atoms with van der Waals surface area (Å²) in [5.74, 6) is -0.0538. The van der Waals surface area contributed by atoms with E-state index in [1.54, 1.807) is 12.1 Å². The fourth-order valence-electron chi connectivity index (χ4n) is 1.38. The first-order valence-corrected chi connectivity index (χ1v) is 4.60. The second-order valence-electron chi connectivity index (χ2n) is 3.16. The number of nitrogens with one attached hydrogen (secondary N) is 1. The van der Waals surface area contributed by atoms with E-state index in [9.17, 15) is 9.18 Å². The lowest BCUT2D eigenvalue weighted by molar-refractivity contribution is 0.413. The highest BCUT2D eigenvalue weighted by atomic mass is 19.1. The summed E-state index contributed by atoms with van der Waals surface area (Å²) in [6.07, 6.45) is 0. The smallest absolute Gasteiger partial charge is 0.267 e. The summed E-state index contributed by atoms with van der Waals surface area (Å²) in [7, 11) is 1.43. The van der Waals surface area contributed by atoms with Gasteiger partial charge in [-0.25, -0.2) is 9.49 Å². The Morgan fingerprint density at radius 2 is 2.19 bits per heavy atom. The van der Waals surface area contributed by atoms with Gasteiger partial charge in [-0.15, -0.1) is 0 Å². The summed E-state index contributed by atoms with van der Waals surface area (Å²) in [6.45, 7) is 0. The second kappa shape index (κ2) is 4.14. The molecule has 5 heteroatoms. The van der Waals surface area contributed by atoms with Crippen LogP contribution in [0.3, 0.4) is 0 Å². The maximum absolute atomic E-state index is 13.0. The van der Waals surface area contributed by atoms with E-state index in [2.05, 4.69) is 10.2 Å². The number of methoxy groups -OCH3 is 1. The summed E-state index contributed by atoms with van der Waals surface area (Å²) < 4.78 is 18.0. The monoisotopic (exact) mass is 220 g/mol. The van der Waals surface area contributed by atoms with E-state index in [4.69, 9.17) is 4.74 Å². The fraction of sp³-hybridized carbons (Fsp3) is 0.0909. The molecule has 0 aliphatic heterocycles. The number of nitrogens with zero attached hydrogens (tertiary/aromatic N) is 1. The van der Waals surface area contributed by atoms with Crippen LogP contribution in [0, 0.1) is 5.82 Å². The number of H-pyrrole nitrogens is 1. The van der Waals surface area contributed by atoms with Crippen LogP contribution in [0.15, 0.2) is 35.1 Å². The molecular formula is C11H9FN2O2. The third kappa shape index (κ3) is 1.93. The van der Waals surface area contributed by atoms with Crippen molar-refractivity contribution in [3.63, 3.8) is 0 Å². The van der Waals surface area contributed by atoms with Crippen LogP contribution in [0.5, 0.6) is 5.75 Å². The van der Waals surface area contributed by atoms with E-state index in [1.807, 2.05) is 0 Å². The van der Waals surface area contributed by atoms with E-state index >= 15 is 0 Å². The molecule has 0 unspecified atom stereocenters. The number of hydrogen-bond donors (Lipinski definition) is 1. The molecule has 4 nitrogen and oxygen atoms in total. The SMILES string of the molecule is COc1cc(=O)[nH]nc1-c1cccc(F)c1. The normalized spacial score (nSPS) is 10.1. The molecule has 0 saturated carbocycles. The molecule has 82 valence electrons. The molecule has 0 fully saturated rings. The molecule has 2 rings (SSSR count). The second-order valence-corrected chi connectivity index (χ2v) is 3.16. The van der Waals surface area contributed by atoms with Crippen molar-refractivity contribution in [1.82, 2.24) is 10.2 Å². The van der Waals surface area contributed by atoms with Gasteiger partial charge in [-0.2, -0.15) is 5.10 Å². The first-order chi connectivity index (χ1) is 7.70. The van der Waals surface area contributed by atoms with Gasteiger partial charge in [0.15, 0.2) is 5.75 Å². The van der Waals surface area contributed by atoms with Gasteiger partial charge in [0.05, 0.1) is 7.11 Å². The molecular weight excluding hydrogens is 211 g/mol. The standard InChI is InChI=1S/C11H9FN2O2/c1-16-9-6-10(15)13-14-11(9)7-3-2-4-8(12)5-7/h2-6H,1H3,(H,13,15). The number of halogens is 1. The molecule has 0 spiro atoms. The zero-order valence-electron chi connectivity index (χ0n) is 8.53. The molecule has 1 N–H and O–H groups in total. The minimum absolute atomic E-state index is 0.314. The predicted molar refractivity (Wildman–Crippen MR) is 56.8 cm³/mol. The van der Waals surface area contributed by atoms with E-state index < -0.39 is 0 Å². The van der Waals surface area contributed by atoms with Gasteiger partial charge in [0, 0.05) is 11.6 Å². The van der Waals surface area contributed by atoms with Crippen LogP contribution < -0.4 is 10.3 Å². The fourth-order valence-corrected chi connectivity index (χ4v) is 1.38. The van der Waals surface area contributed by atoms with Crippen LogP contribution in [-0.4, -0.2) is 17.3 Å². The van der Waals surface area contributed by atoms with E-state index in [1.165, 1.54) is 25.3 Å². The van der Waals surface area contributed by atoms with E-state index in [0.717, 1.165) is 0 Å². The van der Waals surface area contributed by atoms with Gasteiger partial charge in [0.2, 0.25) is 0 Å². The molecule has 0 saturated heterocycles. The quantitative estimate of drug-likeness (QED) is 0.836. The average molecular weight is 220 g/mol. The van der Waals surface area contributed by atoms with Crippen molar-refractivity contribution in [2.45, 2.75) is 0 Å². The van der Waals surface area contributed by atoms with Crippen molar-refractivity contribution in [1.29, 1.82) is 0 Å². The number of hydrogen-bond acceptors (Lipinski definition) is 3. The molecule has 0 radical (unpaired) electrons. The van der Waals surface area contributed by atoms with Crippen LogP contribution in [0.1, 0.15) is 0 Å². The lowest BCUT2D eigenvalue weighted by Gasteiger charge is -2.05. The Bertz CT molecular complexity index is 566. The lowest BCUT2D eigenvalue weighted by Crippen LogP contribution is -2.08. The van der Waals surface area contributed by atoms with Gasteiger partial charge >= 0.3 is 0 Å². The largest absolute Gasteiger partial charge is 0.494 e. The minimum atomic E-state index is -0.368. The predicted octanol–water partition coefficient (Wildman–Crippen LogP) is 1.58. The van der Waals surface area contributed by atoms with Crippen LogP contribution in [-0.2, 0) is 0 Å². The van der Waals surface area contributed by atoms with Crippen molar-refractivity contribution in [3.05, 3.63) is 46.5 Å². The Balaban J connectivity index is 2.59. The molecule has 0 bridgehead atoms. The third-order valence-electron chi connectivity index (χ3n) is 2.09. The van der Waals surface area contributed by atoms with Gasteiger partial charge in [-0.3, -0.25) is 4.79 Å². The Morgan fingerprint density at radius 3 is 2.88 bits per heavy atom. The number of ether oxygens (including phenoxy) is 1. The van der Waals surface area contributed by atoms with E-state index in [-0.39, 0.29) is 11.4 Å². The maximum Gasteiger partial charge on any atom is 0.267 e. The highest BCUT2D eigenvalue weighted by Crippen LogP contribution is 2.25. The number of aromatic nitrogens is 2. The average Bonchev–Trinajstić information content (AvgIpc) is 2.28. The van der Waals surface area contributed by atoms with Gasteiger partial charge in [-0.05, 0) is 12.1 Å². The molecule has 2 aromatic rings. The molecule has 16 heavy (non-hydrogen) atoms. The Hall–Kier alpha value is -2.17. The topological polar surface area (TPSA) is 55.0 Å². The summed E-state index contributed by atoms with van der Waals surface area (Å²) in [4.78, 5) is 11.0. The summed E-state index contributed by atoms with van der Waals surface area (Å²) >= 11 is 0. The molecule has 0 atom stereocenters. The number of benzene rings is 1. The van der Waals surface area contributed by atoms with Crippen molar-refractivity contribution < 1.29 is 9.13 Å². The summed E-state index contributed by atoms with van der Waals surface area (Å²) in [5, 5.41) is 6.12. The minimum Gasteiger partial charge on any atom is -0.494 e. The first-order valence-electron chi connectivity index (χ1n) is 4.60. The van der Waals surface area contributed by atoms with Crippen LogP contribution >= 0.6 is 0 Å². The molecule has 1 aromatic carbocycles. The number of aromatic amines is 1. The molecule has 1 heterocycles. The third-order valence-corrected chi connectivity index (χ3v) is 2.09.